The zero-order chi connectivity index (χ0) is 22.7. The van der Waals surface area contributed by atoms with Crippen LogP contribution in [0.25, 0.3) is 5.76 Å². The Labute approximate surface area is 191 Å². The fourth-order valence-electron chi connectivity index (χ4n) is 3.73. The number of Topliss-reactive ketones (excluding diaryl/α,β-unsaturated/α-hetero) is 1. The first kappa shape index (κ1) is 23.0. The van der Waals surface area contributed by atoms with Crippen LogP contribution in [0, 0.1) is 0 Å². The van der Waals surface area contributed by atoms with Crippen molar-refractivity contribution >= 4 is 39.1 Å². The molecule has 1 atom stereocenters. The minimum atomic E-state index is -0.646. The summed E-state index contributed by atoms with van der Waals surface area (Å²) in [6, 6.07) is 14.2. The molecule has 7 heteroatoms. The molecule has 0 bridgehead atoms. The SMILES string of the molecule is CN(C)CCCN1C(=O)C(=O)/C(=C(\O)c2ccc(Br)cc2)C1c1ccc(N(C)C)cc1. The van der Waals surface area contributed by atoms with Gasteiger partial charge in [-0.15, -0.1) is 0 Å². The van der Waals surface area contributed by atoms with E-state index in [0.29, 0.717) is 12.1 Å². The number of carbonyl (C=O) groups is 2. The third kappa shape index (κ3) is 4.99. The lowest BCUT2D eigenvalue weighted by molar-refractivity contribution is -0.139. The number of hydrogen-bond donors (Lipinski definition) is 1. The lowest BCUT2D eigenvalue weighted by atomic mass is 9.95. The van der Waals surface area contributed by atoms with Gasteiger partial charge in [-0.05, 0) is 56.9 Å². The molecule has 1 aliphatic heterocycles. The number of carbonyl (C=O) groups excluding carboxylic acids is 2. The van der Waals surface area contributed by atoms with Gasteiger partial charge in [0.25, 0.3) is 11.7 Å². The highest BCUT2D eigenvalue weighted by Crippen LogP contribution is 2.40. The Bertz CT molecular complexity index is 982. The molecule has 0 saturated carbocycles. The lowest BCUT2D eigenvalue weighted by Gasteiger charge is -2.26. The van der Waals surface area contributed by atoms with Crippen LogP contribution in [0.3, 0.4) is 0 Å². The molecule has 1 aliphatic rings. The highest BCUT2D eigenvalue weighted by atomic mass is 79.9. The maximum atomic E-state index is 13.0. The minimum Gasteiger partial charge on any atom is -0.507 e. The Morgan fingerprint density at radius 1 is 1.00 bits per heavy atom. The maximum absolute atomic E-state index is 13.0. The molecule has 1 N–H and O–H groups in total. The van der Waals surface area contributed by atoms with E-state index in [0.717, 1.165) is 28.7 Å². The quantitative estimate of drug-likeness (QED) is 0.366. The van der Waals surface area contributed by atoms with Crippen molar-refractivity contribution < 1.29 is 14.7 Å². The van der Waals surface area contributed by atoms with Gasteiger partial charge in [0.2, 0.25) is 0 Å². The zero-order valence-electron chi connectivity index (χ0n) is 18.3. The summed E-state index contributed by atoms with van der Waals surface area (Å²) in [5.74, 6) is -1.37. The van der Waals surface area contributed by atoms with Crippen LogP contribution in [-0.2, 0) is 9.59 Å². The Morgan fingerprint density at radius 2 is 1.61 bits per heavy atom. The van der Waals surface area contributed by atoms with Crippen molar-refractivity contribution in [3.8, 4) is 0 Å². The van der Waals surface area contributed by atoms with Gasteiger partial charge >= 0.3 is 0 Å². The first-order valence-electron chi connectivity index (χ1n) is 10.2. The molecule has 0 aromatic heterocycles. The summed E-state index contributed by atoms with van der Waals surface area (Å²) in [7, 11) is 7.85. The summed E-state index contributed by atoms with van der Waals surface area (Å²) < 4.78 is 0.865. The van der Waals surface area contributed by atoms with Crippen LogP contribution < -0.4 is 4.90 Å². The molecular weight excluding hydrogens is 458 g/mol. The van der Waals surface area contributed by atoms with Gasteiger partial charge in [-0.1, -0.05) is 40.2 Å². The van der Waals surface area contributed by atoms with Gasteiger partial charge in [0.1, 0.15) is 5.76 Å². The van der Waals surface area contributed by atoms with E-state index in [1.54, 1.807) is 29.2 Å². The average molecular weight is 486 g/mol. The summed E-state index contributed by atoms with van der Waals surface area (Å²) in [5.41, 5.74) is 2.45. The van der Waals surface area contributed by atoms with E-state index in [1.165, 1.54) is 0 Å². The van der Waals surface area contributed by atoms with Crippen LogP contribution in [0.5, 0.6) is 0 Å². The topological polar surface area (TPSA) is 64.1 Å². The molecule has 0 spiro atoms. The maximum Gasteiger partial charge on any atom is 0.295 e. The fourth-order valence-corrected chi connectivity index (χ4v) is 4.00. The Hall–Kier alpha value is -2.64. The molecule has 1 fully saturated rings. The Balaban J connectivity index is 2.08. The number of hydrogen-bond acceptors (Lipinski definition) is 5. The third-order valence-electron chi connectivity index (χ3n) is 5.39. The number of halogens is 1. The normalized spacial score (nSPS) is 18.1. The molecule has 1 amide bonds. The van der Waals surface area contributed by atoms with Crippen LogP contribution in [0.4, 0.5) is 5.69 Å². The van der Waals surface area contributed by atoms with Crippen LogP contribution in [0.15, 0.2) is 58.6 Å². The second kappa shape index (κ2) is 9.66. The number of benzene rings is 2. The minimum absolute atomic E-state index is 0.134. The smallest absolute Gasteiger partial charge is 0.295 e. The number of likely N-dealkylation sites (tertiary alicyclic amines) is 1. The molecule has 164 valence electrons. The van der Waals surface area contributed by atoms with E-state index in [-0.39, 0.29) is 11.3 Å². The second-order valence-electron chi connectivity index (χ2n) is 8.14. The van der Waals surface area contributed by atoms with Crippen molar-refractivity contribution in [1.82, 2.24) is 9.80 Å². The molecule has 0 aliphatic carbocycles. The molecule has 6 nitrogen and oxygen atoms in total. The van der Waals surface area contributed by atoms with Crippen molar-refractivity contribution in [3.63, 3.8) is 0 Å². The third-order valence-corrected chi connectivity index (χ3v) is 5.92. The molecule has 31 heavy (non-hydrogen) atoms. The average Bonchev–Trinajstić information content (AvgIpc) is 2.98. The van der Waals surface area contributed by atoms with E-state index in [1.807, 2.05) is 62.3 Å². The first-order chi connectivity index (χ1) is 14.7. The van der Waals surface area contributed by atoms with Gasteiger partial charge in [-0.25, -0.2) is 0 Å². The van der Waals surface area contributed by atoms with E-state index in [9.17, 15) is 14.7 Å². The predicted molar refractivity (Wildman–Crippen MR) is 127 cm³/mol. The van der Waals surface area contributed by atoms with Crippen molar-refractivity contribution in [2.24, 2.45) is 0 Å². The molecule has 1 saturated heterocycles. The van der Waals surface area contributed by atoms with Crippen molar-refractivity contribution in [1.29, 1.82) is 0 Å². The van der Waals surface area contributed by atoms with E-state index in [4.69, 9.17) is 0 Å². The van der Waals surface area contributed by atoms with Gasteiger partial charge in [0, 0.05) is 36.4 Å². The summed E-state index contributed by atoms with van der Waals surface area (Å²) in [5, 5.41) is 11.1. The fraction of sp³-hybridized carbons (Fsp3) is 0.333. The summed E-state index contributed by atoms with van der Waals surface area (Å²) in [6.07, 6.45) is 0.727. The van der Waals surface area contributed by atoms with Crippen LogP contribution in [0.2, 0.25) is 0 Å². The number of rotatable bonds is 7. The van der Waals surface area contributed by atoms with Gasteiger partial charge in [0.15, 0.2) is 0 Å². The van der Waals surface area contributed by atoms with Crippen molar-refractivity contribution in [2.45, 2.75) is 12.5 Å². The van der Waals surface area contributed by atoms with Gasteiger partial charge in [-0.2, -0.15) is 0 Å². The Kier molecular flexibility index (Phi) is 7.18. The van der Waals surface area contributed by atoms with Gasteiger partial charge in [0.05, 0.1) is 11.6 Å². The molecule has 2 aromatic carbocycles. The molecule has 1 unspecified atom stereocenters. The van der Waals surface area contributed by atoms with Gasteiger partial charge in [-0.3, -0.25) is 9.59 Å². The number of ketones is 1. The summed E-state index contributed by atoms with van der Waals surface area (Å²) >= 11 is 3.38. The first-order valence-corrected chi connectivity index (χ1v) is 11.0. The molecule has 2 aromatic rings. The Morgan fingerprint density at radius 3 is 2.16 bits per heavy atom. The molecular formula is C24H28BrN3O3. The monoisotopic (exact) mass is 485 g/mol. The number of aliphatic hydroxyl groups is 1. The number of nitrogens with zero attached hydrogens (tertiary/aromatic N) is 3. The number of anilines is 1. The van der Waals surface area contributed by atoms with E-state index >= 15 is 0 Å². The standard InChI is InChI=1S/C24H28BrN3O3/c1-26(2)14-5-15-28-21(16-8-12-19(13-9-16)27(3)4)20(23(30)24(28)31)22(29)17-6-10-18(25)11-7-17/h6-13,21,29H,5,14-15H2,1-4H3/b22-20-. The van der Waals surface area contributed by atoms with Crippen LogP contribution in [-0.4, -0.2) is 67.9 Å². The second-order valence-corrected chi connectivity index (χ2v) is 9.06. The van der Waals surface area contributed by atoms with Crippen molar-refractivity contribution in [2.75, 3.05) is 46.2 Å². The highest BCUT2D eigenvalue weighted by Gasteiger charge is 2.45. The largest absolute Gasteiger partial charge is 0.507 e. The van der Waals surface area contributed by atoms with E-state index < -0.39 is 17.7 Å². The van der Waals surface area contributed by atoms with Crippen molar-refractivity contribution in [3.05, 3.63) is 69.7 Å². The number of amides is 1. The van der Waals surface area contributed by atoms with E-state index in [2.05, 4.69) is 15.9 Å². The molecule has 1 heterocycles. The zero-order valence-corrected chi connectivity index (χ0v) is 19.9. The predicted octanol–water partition coefficient (Wildman–Crippen LogP) is 3.89. The summed E-state index contributed by atoms with van der Waals surface area (Å²) in [4.78, 5) is 31.6. The van der Waals surface area contributed by atoms with Crippen LogP contribution >= 0.6 is 15.9 Å². The van der Waals surface area contributed by atoms with Crippen LogP contribution in [0.1, 0.15) is 23.6 Å². The lowest BCUT2D eigenvalue weighted by Crippen LogP contribution is -2.32. The van der Waals surface area contributed by atoms with Gasteiger partial charge < -0.3 is 19.8 Å². The highest BCUT2D eigenvalue weighted by molar-refractivity contribution is 9.10. The molecule has 3 rings (SSSR count). The summed E-state index contributed by atoms with van der Waals surface area (Å²) in [6.45, 7) is 1.22. The molecule has 0 radical (unpaired) electrons. The number of aliphatic hydroxyl groups excluding tert-OH is 1.